The van der Waals surface area contributed by atoms with Crippen molar-refractivity contribution in [3.8, 4) is 17.0 Å². The number of aromatic nitrogens is 3. The van der Waals surface area contributed by atoms with Gasteiger partial charge in [0, 0.05) is 23.2 Å². The Kier molecular flexibility index (Phi) is 6.33. The van der Waals surface area contributed by atoms with Crippen LogP contribution in [-0.4, -0.2) is 22.5 Å². The predicted molar refractivity (Wildman–Crippen MR) is 117 cm³/mol. The maximum Gasteiger partial charge on any atom is 0.206 e. The summed E-state index contributed by atoms with van der Waals surface area (Å²) in [5, 5.41) is 17.3. The van der Waals surface area contributed by atoms with Gasteiger partial charge in [0.2, 0.25) is 5.13 Å². The van der Waals surface area contributed by atoms with E-state index < -0.39 is 0 Å². The minimum atomic E-state index is 0.633. The van der Waals surface area contributed by atoms with Crippen molar-refractivity contribution in [1.29, 1.82) is 0 Å². The van der Waals surface area contributed by atoms with Crippen molar-refractivity contribution in [3.05, 3.63) is 70.9 Å². The largest absolute Gasteiger partial charge is 0.497 e. The zero-order valence-electron chi connectivity index (χ0n) is 15.5. The van der Waals surface area contributed by atoms with Crippen LogP contribution in [0, 0.1) is 0 Å². The normalized spacial score (nSPS) is 10.8. The van der Waals surface area contributed by atoms with E-state index in [4.69, 9.17) is 20.9 Å². The standard InChI is InChI=1S/C20H17ClN4O2S2/c1-26-16-8-2-13(3-9-16)11-22-19-23-24-20(29-19)28-12-17-10-18(25-27-17)14-4-6-15(21)7-5-14/h2-10H,11-12H2,1H3,(H,22,23). The Balaban J connectivity index is 1.29. The summed E-state index contributed by atoms with van der Waals surface area (Å²) in [6, 6.07) is 17.4. The summed E-state index contributed by atoms with van der Waals surface area (Å²) in [6.45, 7) is 0.676. The van der Waals surface area contributed by atoms with Gasteiger partial charge in [-0.1, -0.05) is 64.1 Å². The molecule has 0 radical (unpaired) electrons. The molecule has 1 N–H and O–H groups in total. The number of halogens is 1. The van der Waals surface area contributed by atoms with Crippen molar-refractivity contribution in [2.45, 2.75) is 16.6 Å². The molecule has 4 aromatic rings. The molecule has 2 aromatic carbocycles. The first-order valence-corrected chi connectivity index (χ1v) is 10.9. The van der Waals surface area contributed by atoms with E-state index in [0.29, 0.717) is 17.3 Å². The monoisotopic (exact) mass is 444 g/mol. The van der Waals surface area contributed by atoms with E-state index in [1.807, 2.05) is 54.6 Å². The van der Waals surface area contributed by atoms with Crippen LogP contribution >= 0.6 is 34.7 Å². The van der Waals surface area contributed by atoms with Crippen molar-refractivity contribution in [2.24, 2.45) is 0 Å². The third-order valence-corrected chi connectivity index (χ3v) is 6.33. The lowest BCUT2D eigenvalue weighted by molar-refractivity contribution is 0.397. The highest BCUT2D eigenvalue weighted by Crippen LogP contribution is 2.30. The van der Waals surface area contributed by atoms with Crippen molar-refractivity contribution in [2.75, 3.05) is 12.4 Å². The van der Waals surface area contributed by atoms with Gasteiger partial charge < -0.3 is 14.6 Å². The second kappa shape index (κ2) is 9.30. The third kappa shape index (κ3) is 5.29. The van der Waals surface area contributed by atoms with Crippen LogP contribution in [0.25, 0.3) is 11.3 Å². The van der Waals surface area contributed by atoms with Gasteiger partial charge in [-0.3, -0.25) is 0 Å². The minimum Gasteiger partial charge on any atom is -0.497 e. The Hall–Kier alpha value is -2.55. The van der Waals surface area contributed by atoms with Gasteiger partial charge in [-0.15, -0.1) is 10.2 Å². The van der Waals surface area contributed by atoms with Crippen LogP contribution in [0.3, 0.4) is 0 Å². The molecule has 0 saturated heterocycles. The van der Waals surface area contributed by atoms with Gasteiger partial charge in [-0.2, -0.15) is 0 Å². The second-order valence-electron chi connectivity index (χ2n) is 6.05. The van der Waals surface area contributed by atoms with Crippen LogP contribution in [0.2, 0.25) is 5.02 Å². The number of methoxy groups -OCH3 is 1. The van der Waals surface area contributed by atoms with Crippen LogP contribution < -0.4 is 10.1 Å². The number of hydrogen-bond donors (Lipinski definition) is 1. The molecule has 0 amide bonds. The fourth-order valence-electron chi connectivity index (χ4n) is 2.53. The first kappa shape index (κ1) is 19.8. The molecule has 2 aromatic heterocycles. The number of thioether (sulfide) groups is 1. The summed E-state index contributed by atoms with van der Waals surface area (Å²) in [5.41, 5.74) is 2.90. The number of benzene rings is 2. The lowest BCUT2D eigenvalue weighted by Crippen LogP contribution is -1.98. The van der Waals surface area contributed by atoms with Crippen molar-refractivity contribution < 1.29 is 9.26 Å². The average Bonchev–Trinajstić information content (AvgIpc) is 3.41. The van der Waals surface area contributed by atoms with E-state index in [1.165, 1.54) is 11.3 Å². The van der Waals surface area contributed by atoms with Crippen LogP contribution in [0.4, 0.5) is 5.13 Å². The third-order valence-electron chi connectivity index (χ3n) is 4.05. The van der Waals surface area contributed by atoms with Gasteiger partial charge >= 0.3 is 0 Å². The highest BCUT2D eigenvalue weighted by atomic mass is 35.5. The fourth-order valence-corrected chi connectivity index (χ4v) is 4.28. The maximum absolute atomic E-state index is 5.92. The number of nitrogens with zero attached hydrogens (tertiary/aromatic N) is 3. The number of rotatable bonds is 8. The Morgan fingerprint density at radius 2 is 1.90 bits per heavy atom. The minimum absolute atomic E-state index is 0.633. The van der Waals surface area contributed by atoms with Gasteiger partial charge in [0.1, 0.15) is 17.2 Å². The Morgan fingerprint density at radius 3 is 2.66 bits per heavy atom. The Labute approximate surface area is 181 Å². The molecule has 29 heavy (non-hydrogen) atoms. The first-order chi connectivity index (χ1) is 14.2. The van der Waals surface area contributed by atoms with Crippen LogP contribution in [0.15, 0.2) is 63.5 Å². The SMILES string of the molecule is COc1ccc(CNc2nnc(SCc3cc(-c4ccc(Cl)cc4)no3)s2)cc1. The molecule has 9 heteroatoms. The van der Waals surface area contributed by atoms with Gasteiger partial charge in [0.15, 0.2) is 4.34 Å². The average molecular weight is 445 g/mol. The molecule has 0 unspecified atom stereocenters. The van der Waals surface area contributed by atoms with E-state index in [-0.39, 0.29) is 0 Å². The molecule has 148 valence electrons. The highest BCUT2D eigenvalue weighted by Gasteiger charge is 2.10. The van der Waals surface area contributed by atoms with E-state index in [2.05, 4.69) is 20.7 Å². The van der Waals surface area contributed by atoms with Crippen molar-refractivity contribution >= 4 is 39.8 Å². The summed E-state index contributed by atoms with van der Waals surface area (Å²) in [6.07, 6.45) is 0. The fraction of sp³-hybridized carbons (Fsp3) is 0.150. The molecule has 6 nitrogen and oxygen atoms in total. The summed E-state index contributed by atoms with van der Waals surface area (Å²) in [4.78, 5) is 0. The molecule has 0 aliphatic carbocycles. The maximum atomic E-state index is 5.92. The molecule has 0 aliphatic rings. The second-order valence-corrected chi connectivity index (χ2v) is 8.69. The molecule has 0 bridgehead atoms. The van der Waals surface area contributed by atoms with Gasteiger partial charge in [0.05, 0.1) is 12.9 Å². The molecule has 0 spiro atoms. The summed E-state index contributed by atoms with van der Waals surface area (Å²) in [7, 11) is 1.66. The molecule has 0 aliphatic heterocycles. The van der Waals surface area contributed by atoms with Crippen molar-refractivity contribution in [1.82, 2.24) is 15.4 Å². The molecular formula is C20H17ClN4O2S2. The number of hydrogen-bond acceptors (Lipinski definition) is 8. The van der Waals surface area contributed by atoms with Gasteiger partial charge in [0.25, 0.3) is 0 Å². The zero-order chi connectivity index (χ0) is 20.1. The zero-order valence-corrected chi connectivity index (χ0v) is 17.9. The summed E-state index contributed by atoms with van der Waals surface area (Å²) in [5.74, 6) is 2.26. The predicted octanol–water partition coefficient (Wildman–Crippen LogP) is 5.76. The first-order valence-electron chi connectivity index (χ1n) is 8.74. The Morgan fingerprint density at radius 1 is 1.10 bits per heavy atom. The summed E-state index contributed by atoms with van der Waals surface area (Å²) < 4.78 is 11.5. The van der Waals surface area contributed by atoms with Crippen LogP contribution in [-0.2, 0) is 12.3 Å². The number of nitrogens with one attached hydrogen (secondary N) is 1. The number of anilines is 1. The molecule has 4 rings (SSSR count). The van der Waals surface area contributed by atoms with Gasteiger partial charge in [-0.05, 0) is 29.8 Å². The van der Waals surface area contributed by atoms with Crippen LogP contribution in [0.5, 0.6) is 5.75 Å². The topological polar surface area (TPSA) is 73.1 Å². The van der Waals surface area contributed by atoms with Gasteiger partial charge in [-0.25, -0.2) is 0 Å². The lowest BCUT2D eigenvalue weighted by Gasteiger charge is -2.03. The van der Waals surface area contributed by atoms with E-state index in [1.54, 1.807) is 18.9 Å². The van der Waals surface area contributed by atoms with Crippen molar-refractivity contribution in [3.63, 3.8) is 0 Å². The van der Waals surface area contributed by atoms with E-state index in [9.17, 15) is 0 Å². The molecular weight excluding hydrogens is 428 g/mol. The number of ether oxygens (including phenoxy) is 1. The molecule has 0 fully saturated rings. The Bertz CT molecular complexity index is 1060. The molecule has 0 atom stereocenters. The molecule has 0 saturated carbocycles. The molecule has 2 heterocycles. The quantitative estimate of drug-likeness (QED) is 0.346. The summed E-state index contributed by atoms with van der Waals surface area (Å²) >= 11 is 9.00. The highest BCUT2D eigenvalue weighted by molar-refractivity contribution is 8.00. The van der Waals surface area contributed by atoms with E-state index >= 15 is 0 Å². The smallest absolute Gasteiger partial charge is 0.206 e. The lowest BCUT2D eigenvalue weighted by atomic mass is 10.1. The van der Waals surface area contributed by atoms with E-state index in [0.717, 1.165) is 37.8 Å². The van der Waals surface area contributed by atoms with Crippen LogP contribution in [0.1, 0.15) is 11.3 Å².